The fourth-order valence-electron chi connectivity index (χ4n) is 1.99. The van der Waals surface area contributed by atoms with E-state index in [1.165, 1.54) is 44.6 Å². The molecule has 1 amide bonds. The molecule has 9 heteroatoms. The highest BCUT2D eigenvalue weighted by atomic mass is 35.5. The number of amides is 1. The van der Waals surface area contributed by atoms with E-state index in [9.17, 15) is 14.9 Å². The lowest BCUT2D eigenvalue weighted by Crippen LogP contribution is -2.13. The van der Waals surface area contributed by atoms with Crippen molar-refractivity contribution in [3.63, 3.8) is 0 Å². The zero-order valence-corrected chi connectivity index (χ0v) is 14.1. The van der Waals surface area contributed by atoms with Gasteiger partial charge in [0.05, 0.1) is 34.9 Å². The monoisotopic (exact) mass is 370 g/mol. The number of anilines is 1. The van der Waals surface area contributed by atoms with Gasteiger partial charge in [-0.15, -0.1) is 0 Å². The van der Waals surface area contributed by atoms with Gasteiger partial charge in [0, 0.05) is 17.7 Å². The number of nitro benzene ring substituents is 1. The van der Waals surface area contributed by atoms with Crippen LogP contribution in [0.2, 0.25) is 10.0 Å². The van der Waals surface area contributed by atoms with E-state index in [1.807, 2.05) is 0 Å². The first-order chi connectivity index (χ1) is 11.4. The largest absolute Gasteiger partial charge is 0.495 e. The van der Waals surface area contributed by atoms with Gasteiger partial charge in [-0.05, 0) is 18.2 Å². The molecule has 0 bridgehead atoms. The molecule has 126 valence electrons. The molecule has 1 N–H and O–H groups in total. The van der Waals surface area contributed by atoms with Crippen molar-refractivity contribution < 1.29 is 19.2 Å². The van der Waals surface area contributed by atoms with Crippen LogP contribution in [0, 0.1) is 10.1 Å². The van der Waals surface area contributed by atoms with Gasteiger partial charge in [-0.3, -0.25) is 14.9 Å². The first-order valence-electron chi connectivity index (χ1n) is 6.54. The number of carbonyl (C=O) groups excluding carboxylic acids is 1. The van der Waals surface area contributed by atoms with Crippen molar-refractivity contribution in [1.82, 2.24) is 0 Å². The molecule has 2 rings (SSSR count). The van der Waals surface area contributed by atoms with E-state index in [0.29, 0.717) is 0 Å². The molecule has 0 atom stereocenters. The van der Waals surface area contributed by atoms with Crippen LogP contribution in [0.4, 0.5) is 11.4 Å². The Morgan fingerprint density at radius 1 is 1.12 bits per heavy atom. The predicted octanol–water partition coefficient (Wildman–Crippen LogP) is 4.17. The van der Waals surface area contributed by atoms with Crippen molar-refractivity contribution in [2.45, 2.75) is 0 Å². The van der Waals surface area contributed by atoms with Gasteiger partial charge < -0.3 is 14.8 Å². The Morgan fingerprint density at radius 2 is 1.75 bits per heavy atom. The van der Waals surface area contributed by atoms with Gasteiger partial charge in [-0.1, -0.05) is 23.2 Å². The van der Waals surface area contributed by atoms with E-state index < -0.39 is 10.8 Å². The molecule has 0 spiro atoms. The number of ether oxygens (including phenoxy) is 2. The molecule has 0 fully saturated rings. The molecule has 24 heavy (non-hydrogen) atoms. The Balaban J connectivity index is 2.36. The van der Waals surface area contributed by atoms with Gasteiger partial charge >= 0.3 is 0 Å². The van der Waals surface area contributed by atoms with Crippen LogP contribution >= 0.6 is 23.2 Å². The highest BCUT2D eigenvalue weighted by molar-refractivity contribution is 6.37. The van der Waals surface area contributed by atoms with Crippen LogP contribution in [0.3, 0.4) is 0 Å². The summed E-state index contributed by atoms with van der Waals surface area (Å²) < 4.78 is 10.1. The van der Waals surface area contributed by atoms with Crippen molar-refractivity contribution in [3.8, 4) is 11.5 Å². The summed E-state index contributed by atoms with van der Waals surface area (Å²) in [6.07, 6.45) is 0. The number of methoxy groups -OCH3 is 2. The Labute approximate surface area is 147 Å². The summed E-state index contributed by atoms with van der Waals surface area (Å²) in [7, 11) is 2.79. The number of carbonyl (C=O) groups is 1. The van der Waals surface area contributed by atoms with E-state index in [-0.39, 0.29) is 38.5 Å². The maximum atomic E-state index is 12.4. The first-order valence-corrected chi connectivity index (χ1v) is 7.29. The number of nitro groups is 1. The molecule has 0 saturated heterocycles. The van der Waals surface area contributed by atoms with Gasteiger partial charge in [0.25, 0.3) is 11.6 Å². The number of rotatable bonds is 5. The van der Waals surface area contributed by atoms with Crippen molar-refractivity contribution in [2.24, 2.45) is 0 Å². The molecular formula is C15H12Cl2N2O5. The second-order valence-electron chi connectivity index (χ2n) is 4.57. The summed E-state index contributed by atoms with van der Waals surface area (Å²) in [6.45, 7) is 0. The molecule has 0 saturated carbocycles. The number of hydrogen-bond donors (Lipinski definition) is 1. The summed E-state index contributed by atoms with van der Waals surface area (Å²) in [6, 6.07) is 6.62. The lowest BCUT2D eigenvalue weighted by Gasteiger charge is -2.11. The van der Waals surface area contributed by atoms with E-state index in [0.717, 1.165) is 0 Å². The average molecular weight is 371 g/mol. The SMILES string of the molecule is COc1ccc([N+](=O)[O-])cc1NC(=O)c1cc(Cl)c(OC)c(Cl)c1. The van der Waals surface area contributed by atoms with Crippen LogP contribution in [-0.2, 0) is 0 Å². The zero-order chi connectivity index (χ0) is 17.9. The van der Waals surface area contributed by atoms with Crippen LogP contribution in [0.1, 0.15) is 10.4 Å². The van der Waals surface area contributed by atoms with Gasteiger partial charge in [-0.25, -0.2) is 0 Å². The Bertz CT molecular complexity index is 787. The summed E-state index contributed by atoms with van der Waals surface area (Å²) in [5, 5.41) is 13.7. The van der Waals surface area contributed by atoms with E-state index >= 15 is 0 Å². The number of nitrogens with one attached hydrogen (secondary N) is 1. The van der Waals surface area contributed by atoms with Crippen LogP contribution in [0.15, 0.2) is 30.3 Å². The quantitative estimate of drug-likeness (QED) is 0.629. The van der Waals surface area contributed by atoms with Crippen molar-refractivity contribution in [1.29, 1.82) is 0 Å². The van der Waals surface area contributed by atoms with Crippen LogP contribution < -0.4 is 14.8 Å². The fraction of sp³-hybridized carbons (Fsp3) is 0.133. The topological polar surface area (TPSA) is 90.7 Å². The zero-order valence-electron chi connectivity index (χ0n) is 12.6. The molecule has 0 aliphatic carbocycles. The molecular weight excluding hydrogens is 359 g/mol. The molecule has 0 aliphatic rings. The average Bonchev–Trinajstić information content (AvgIpc) is 2.54. The van der Waals surface area contributed by atoms with Crippen LogP contribution in [0.25, 0.3) is 0 Å². The Kier molecular flexibility index (Phi) is 5.48. The number of nitrogens with zero attached hydrogens (tertiary/aromatic N) is 1. The molecule has 0 aliphatic heterocycles. The van der Waals surface area contributed by atoms with Crippen molar-refractivity contribution >= 4 is 40.5 Å². The molecule has 2 aromatic rings. The maximum absolute atomic E-state index is 12.4. The van der Waals surface area contributed by atoms with E-state index in [4.69, 9.17) is 32.7 Å². The second-order valence-corrected chi connectivity index (χ2v) is 5.38. The molecule has 0 heterocycles. The Hall–Kier alpha value is -2.51. The molecule has 0 radical (unpaired) electrons. The lowest BCUT2D eigenvalue weighted by molar-refractivity contribution is -0.384. The van der Waals surface area contributed by atoms with Gasteiger partial charge in [0.2, 0.25) is 0 Å². The second kappa shape index (κ2) is 7.37. The maximum Gasteiger partial charge on any atom is 0.271 e. The summed E-state index contributed by atoms with van der Waals surface area (Å²) >= 11 is 12.0. The Morgan fingerprint density at radius 3 is 2.25 bits per heavy atom. The van der Waals surface area contributed by atoms with Crippen molar-refractivity contribution in [3.05, 3.63) is 56.1 Å². The number of non-ortho nitro benzene ring substituents is 1. The number of halogens is 2. The summed E-state index contributed by atoms with van der Waals surface area (Å²) in [4.78, 5) is 22.7. The molecule has 0 unspecified atom stereocenters. The third-order valence-corrected chi connectivity index (χ3v) is 3.67. The lowest BCUT2D eigenvalue weighted by atomic mass is 10.2. The minimum atomic E-state index is -0.573. The van der Waals surface area contributed by atoms with Crippen molar-refractivity contribution in [2.75, 3.05) is 19.5 Å². The normalized spacial score (nSPS) is 10.2. The van der Waals surface area contributed by atoms with Crippen LogP contribution in [0.5, 0.6) is 11.5 Å². The number of hydrogen-bond acceptors (Lipinski definition) is 5. The standard InChI is InChI=1S/C15H12Cl2N2O5/c1-23-13-4-3-9(19(21)22)7-12(13)18-15(20)8-5-10(16)14(24-2)11(17)6-8/h3-7H,1-2H3,(H,18,20). The fourth-order valence-corrected chi connectivity index (χ4v) is 2.63. The molecule has 0 aromatic heterocycles. The first kappa shape index (κ1) is 17.8. The number of benzene rings is 2. The van der Waals surface area contributed by atoms with Gasteiger partial charge in [-0.2, -0.15) is 0 Å². The highest BCUT2D eigenvalue weighted by Crippen LogP contribution is 2.35. The minimum absolute atomic E-state index is 0.153. The third-order valence-electron chi connectivity index (χ3n) is 3.11. The third kappa shape index (κ3) is 3.69. The van der Waals surface area contributed by atoms with E-state index in [2.05, 4.69) is 5.32 Å². The highest BCUT2D eigenvalue weighted by Gasteiger charge is 2.17. The predicted molar refractivity (Wildman–Crippen MR) is 90.6 cm³/mol. The van der Waals surface area contributed by atoms with Crippen LogP contribution in [-0.4, -0.2) is 25.1 Å². The smallest absolute Gasteiger partial charge is 0.271 e. The summed E-state index contributed by atoms with van der Waals surface area (Å²) in [5.74, 6) is -0.0253. The molecule has 2 aromatic carbocycles. The molecule has 7 nitrogen and oxygen atoms in total. The van der Waals surface area contributed by atoms with Gasteiger partial charge in [0.15, 0.2) is 5.75 Å². The minimum Gasteiger partial charge on any atom is -0.495 e. The summed E-state index contributed by atoms with van der Waals surface area (Å²) in [5.41, 5.74) is 0.135. The van der Waals surface area contributed by atoms with Gasteiger partial charge in [0.1, 0.15) is 5.75 Å². The van der Waals surface area contributed by atoms with E-state index in [1.54, 1.807) is 0 Å².